The lowest BCUT2D eigenvalue weighted by Crippen LogP contribution is -2.60. The first kappa shape index (κ1) is 13.5. The Balaban J connectivity index is 2.27. The monoisotopic (exact) mass is 266 g/mol. The number of piperazine rings is 1. The smallest absolute Gasteiger partial charge is 0.305 e. The number of hydrogen-bond acceptors (Lipinski definition) is 3. The minimum atomic E-state index is -1.06. The number of hydrogen-bond donors (Lipinski definition) is 2. The second-order valence-electron chi connectivity index (χ2n) is 4.62. The number of halogens is 1. The fourth-order valence-corrected chi connectivity index (χ4v) is 2.23. The van der Waals surface area contributed by atoms with Crippen molar-refractivity contribution in [2.75, 3.05) is 11.4 Å². The molecule has 6 heteroatoms. The number of amides is 1. The SMILES string of the molecule is CC1CN(c2ccccc2F)C(=O)C(CC(=O)O)N1. The number of carbonyl (C=O) groups excluding carboxylic acids is 1. The zero-order valence-corrected chi connectivity index (χ0v) is 10.5. The highest BCUT2D eigenvalue weighted by Crippen LogP contribution is 2.22. The van der Waals surface area contributed by atoms with Crippen LogP contribution in [0, 0.1) is 5.82 Å². The minimum absolute atomic E-state index is 0.0957. The second-order valence-corrected chi connectivity index (χ2v) is 4.62. The number of benzene rings is 1. The zero-order valence-electron chi connectivity index (χ0n) is 10.5. The van der Waals surface area contributed by atoms with Gasteiger partial charge in [0.25, 0.3) is 0 Å². The van der Waals surface area contributed by atoms with Gasteiger partial charge in [0.05, 0.1) is 18.2 Å². The van der Waals surface area contributed by atoms with Gasteiger partial charge in [-0.2, -0.15) is 0 Å². The third-order valence-corrected chi connectivity index (χ3v) is 3.03. The van der Waals surface area contributed by atoms with Crippen molar-refractivity contribution in [1.29, 1.82) is 0 Å². The number of carbonyl (C=O) groups is 2. The molecule has 2 unspecified atom stereocenters. The number of aliphatic carboxylic acids is 1. The molecule has 0 spiro atoms. The van der Waals surface area contributed by atoms with Crippen LogP contribution in [0.4, 0.5) is 10.1 Å². The Bertz CT molecular complexity index is 506. The average molecular weight is 266 g/mol. The van der Waals surface area contributed by atoms with Crippen molar-refractivity contribution in [2.45, 2.75) is 25.4 Å². The van der Waals surface area contributed by atoms with Crippen molar-refractivity contribution in [1.82, 2.24) is 5.32 Å². The number of rotatable bonds is 3. The molecule has 1 amide bonds. The van der Waals surface area contributed by atoms with Crippen LogP contribution in [0.1, 0.15) is 13.3 Å². The van der Waals surface area contributed by atoms with E-state index >= 15 is 0 Å². The summed E-state index contributed by atoms with van der Waals surface area (Å²) in [5.41, 5.74) is 0.191. The van der Waals surface area contributed by atoms with Gasteiger partial charge in [-0.3, -0.25) is 9.59 Å². The van der Waals surface area contributed by atoms with Gasteiger partial charge < -0.3 is 15.3 Å². The molecular formula is C13H15FN2O3. The number of nitrogens with one attached hydrogen (secondary N) is 1. The standard InChI is InChI=1S/C13H15FN2O3/c1-8-7-16(11-5-3-2-4-9(11)14)13(19)10(15-8)6-12(17)18/h2-5,8,10,15H,6-7H2,1H3,(H,17,18). The molecule has 1 saturated heterocycles. The van der Waals surface area contributed by atoms with Crippen molar-refractivity contribution in [2.24, 2.45) is 0 Å². The van der Waals surface area contributed by atoms with Crippen LogP contribution in [0.5, 0.6) is 0 Å². The van der Waals surface area contributed by atoms with Crippen LogP contribution in [0.25, 0.3) is 0 Å². The molecule has 0 bridgehead atoms. The van der Waals surface area contributed by atoms with Gasteiger partial charge in [0.1, 0.15) is 5.82 Å². The fraction of sp³-hybridized carbons (Fsp3) is 0.385. The maximum absolute atomic E-state index is 13.7. The molecule has 5 nitrogen and oxygen atoms in total. The Morgan fingerprint density at radius 3 is 2.84 bits per heavy atom. The number of carboxylic acids is 1. The number of anilines is 1. The van der Waals surface area contributed by atoms with Gasteiger partial charge in [-0.15, -0.1) is 0 Å². The molecule has 2 atom stereocenters. The Kier molecular flexibility index (Phi) is 3.80. The summed E-state index contributed by atoms with van der Waals surface area (Å²) >= 11 is 0. The first-order chi connectivity index (χ1) is 8.99. The Labute approximate surface area is 110 Å². The molecule has 0 saturated carbocycles. The van der Waals surface area contributed by atoms with Crippen molar-refractivity contribution in [3.63, 3.8) is 0 Å². The summed E-state index contributed by atoms with van der Waals surface area (Å²) in [6.07, 6.45) is -0.311. The van der Waals surface area contributed by atoms with Gasteiger partial charge in [-0.05, 0) is 19.1 Å². The average Bonchev–Trinajstić information content (AvgIpc) is 2.33. The summed E-state index contributed by atoms with van der Waals surface area (Å²) in [6, 6.07) is 5.07. The molecule has 2 N–H and O–H groups in total. The summed E-state index contributed by atoms with van der Waals surface area (Å²) < 4.78 is 13.7. The molecule has 2 rings (SSSR count). The topological polar surface area (TPSA) is 69.6 Å². The predicted molar refractivity (Wildman–Crippen MR) is 67.4 cm³/mol. The van der Waals surface area contributed by atoms with Crippen LogP contribution in [0.2, 0.25) is 0 Å². The molecule has 1 heterocycles. The van der Waals surface area contributed by atoms with E-state index in [2.05, 4.69) is 5.32 Å². The Hall–Kier alpha value is -1.95. The molecule has 102 valence electrons. The summed E-state index contributed by atoms with van der Waals surface area (Å²) in [5, 5.41) is 11.7. The maximum atomic E-state index is 13.7. The van der Waals surface area contributed by atoms with E-state index in [1.54, 1.807) is 12.1 Å². The van der Waals surface area contributed by atoms with Crippen LogP contribution in [0.15, 0.2) is 24.3 Å². The van der Waals surface area contributed by atoms with Crippen molar-refractivity contribution >= 4 is 17.6 Å². The van der Waals surface area contributed by atoms with Gasteiger partial charge in [0.15, 0.2) is 0 Å². The summed E-state index contributed by atoms with van der Waals surface area (Å²) in [4.78, 5) is 24.2. The molecule has 1 fully saturated rings. The quantitative estimate of drug-likeness (QED) is 0.856. The van der Waals surface area contributed by atoms with Gasteiger partial charge in [-0.25, -0.2) is 4.39 Å². The molecule has 1 aromatic rings. The molecule has 19 heavy (non-hydrogen) atoms. The molecule has 1 aliphatic heterocycles. The van der Waals surface area contributed by atoms with Gasteiger partial charge in [0.2, 0.25) is 5.91 Å². The molecule has 0 aliphatic carbocycles. The van der Waals surface area contributed by atoms with Crippen LogP contribution < -0.4 is 10.2 Å². The van der Waals surface area contributed by atoms with E-state index in [1.165, 1.54) is 17.0 Å². The van der Waals surface area contributed by atoms with Gasteiger partial charge in [-0.1, -0.05) is 12.1 Å². The van der Waals surface area contributed by atoms with E-state index < -0.39 is 23.7 Å². The largest absolute Gasteiger partial charge is 0.481 e. The van der Waals surface area contributed by atoms with E-state index in [4.69, 9.17) is 5.11 Å². The van der Waals surface area contributed by atoms with Crippen LogP contribution >= 0.6 is 0 Å². The van der Waals surface area contributed by atoms with Crippen molar-refractivity contribution in [3.8, 4) is 0 Å². The highest BCUT2D eigenvalue weighted by atomic mass is 19.1. The maximum Gasteiger partial charge on any atom is 0.305 e. The Morgan fingerprint density at radius 2 is 2.21 bits per heavy atom. The van der Waals surface area contributed by atoms with Crippen LogP contribution in [-0.4, -0.2) is 35.6 Å². The first-order valence-electron chi connectivity index (χ1n) is 6.03. The van der Waals surface area contributed by atoms with E-state index in [-0.39, 0.29) is 18.2 Å². The second kappa shape index (κ2) is 5.36. The van der Waals surface area contributed by atoms with E-state index in [9.17, 15) is 14.0 Å². The van der Waals surface area contributed by atoms with Crippen molar-refractivity contribution < 1.29 is 19.1 Å². The normalized spacial score (nSPS) is 23.5. The molecular weight excluding hydrogens is 251 g/mol. The van der Waals surface area contributed by atoms with E-state index in [0.29, 0.717) is 6.54 Å². The lowest BCUT2D eigenvalue weighted by molar-refractivity contribution is -0.140. The predicted octanol–water partition coefficient (Wildman–Crippen LogP) is 0.994. The lowest BCUT2D eigenvalue weighted by Gasteiger charge is -2.36. The van der Waals surface area contributed by atoms with Crippen LogP contribution in [0.3, 0.4) is 0 Å². The van der Waals surface area contributed by atoms with Gasteiger partial charge in [0, 0.05) is 12.6 Å². The van der Waals surface area contributed by atoms with Crippen LogP contribution in [-0.2, 0) is 9.59 Å². The summed E-state index contributed by atoms with van der Waals surface area (Å²) in [5.74, 6) is -1.96. The third-order valence-electron chi connectivity index (χ3n) is 3.03. The van der Waals surface area contributed by atoms with Gasteiger partial charge >= 0.3 is 5.97 Å². The first-order valence-corrected chi connectivity index (χ1v) is 6.03. The zero-order chi connectivity index (χ0) is 14.0. The summed E-state index contributed by atoms with van der Waals surface area (Å²) in [6.45, 7) is 2.14. The Morgan fingerprint density at radius 1 is 1.53 bits per heavy atom. The molecule has 1 aromatic carbocycles. The van der Waals surface area contributed by atoms with E-state index in [1.807, 2.05) is 6.92 Å². The molecule has 0 radical (unpaired) electrons. The number of nitrogens with zero attached hydrogens (tertiary/aromatic N) is 1. The number of carboxylic acid groups (broad SMARTS) is 1. The molecule has 1 aliphatic rings. The highest BCUT2D eigenvalue weighted by Gasteiger charge is 2.34. The number of para-hydroxylation sites is 1. The molecule has 0 aromatic heterocycles. The summed E-state index contributed by atoms with van der Waals surface area (Å²) in [7, 11) is 0. The minimum Gasteiger partial charge on any atom is -0.481 e. The fourth-order valence-electron chi connectivity index (χ4n) is 2.23. The highest BCUT2D eigenvalue weighted by molar-refractivity contribution is 5.99. The van der Waals surface area contributed by atoms with E-state index in [0.717, 1.165) is 0 Å². The lowest BCUT2D eigenvalue weighted by atomic mass is 10.1. The third kappa shape index (κ3) is 2.90. The van der Waals surface area contributed by atoms with Crippen molar-refractivity contribution in [3.05, 3.63) is 30.1 Å².